The van der Waals surface area contributed by atoms with Gasteiger partial charge < -0.3 is 19.8 Å². The van der Waals surface area contributed by atoms with Crippen LogP contribution in [-0.2, 0) is 20.9 Å². The van der Waals surface area contributed by atoms with Gasteiger partial charge in [-0.25, -0.2) is 4.79 Å². The van der Waals surface area contributed by atoms with Gasteiger partial charge in [0, 0.05) is 4.90 Å². The molecule has 0 saturated carbocycles. The number of nitrogens with one attached hydrogen (secondary N) is 2. The second-order valence-electron chi connectivity index (χ2n) is 7.23. The van der Waals surface area contributed by atoms with Gasteiger partial charge in [-0.1, -0.05) is 26.0 Å². The molecular formula is C22H25N3O5S. The van der Waals surface area contributed by atoms with Crippen molar-refractivity contribution in [3.8, 4) is 6.07 Å². The lowest BCUT2D eigenvalue weighted by atomic mass is 9.90. The second kappa shape index (κ2) is 11.2. The molecule has 0 fully saturated rings. The average molecular weight is 444 g/mol. The topological polar surface area (TPSA) is 121 Å². The van der Waals surface area contributed by atoms with E-state index in [1.165, 1.54) is 18.0 Å². The van der Waals surface area contributed by atoms with E-state index in [4.69, 9.17) is 9.15 Å². The fourth-order valence-corrected chi connectivity index (χ4v) is 3.26. The van der Waals surface area contributed by atoms with Crippen LogP contribution in [0.1, 0.15) is 36.9 Å². The zero-order chi connectivity index (χ0) is 22.9. The third-order valence-electron chi connectivity index (χ3n) is 4.63. The van der Waals surface area contributed by atoms with E-state index in [-0.39, 0.29) is 29.7 Å². The molecule has 0 radical (unpaired) electrons. The van der Waals surface area contributed by atoms with Crippen LogP contribution in [0.5, 0.6) is 0 Å². The van der Waals surface area contributed by atoms with Crippen LogP contribution in [0.3, 0.4) is 0 Å². The highest BCUT2D eigenvalue weighted by atomic mass is 32.2. The Labute approximate surface area is 185 Å². The van der Waals surface area contributed by atoms with Crippen molar-refractivity contribution >= 4 is 29.5 Å². The number of thioether (sulfide) groups is 1. The van der Waals surface area contributed by atoms with Gasteiger partial charge in [0.2, 0.25) is 5.91 Å². The molecule has 8 nitrogen and oxygen atoms in total. The predicted molar refractivity (Wildman–Crippen MR) is 115 cm³/mol. The van der Waals surface area contributed by atoms with Crippen molar-refractivity contribution in [3.63, 3.8) is 0 Å². The molecule has 164 valence electrons. The minimum Gasteiger partial charge on any atom is -0.467 e. The zero-order valence-corrected chi connectivity index (χ0v) is 18.5. The van der Waals surface area contributed by atoms with Crippen LogP contribution in [0.4, 0.5) is 0 Å². The fraction of sp³-hybridized carbons (Fsp3) is 0.364. The van der Waals surface area contributed by atoms with E-state index < -0.39 is 24.0 Å². The third-order valence-corrected chi connectivity index (χ3v) is 5.70. The number of nitrogens with zero attached hydrogens (tertiary/aromatic N) is 1. The summed E-state index contributed by atoms with van der Waals surface area (Å²) in [5.41, 5.74) is -0.800. The van der Waals surface area contributed by atoms with Gasteiger partial charge in [0.15, 0.2) is 6.61 Å². The number of carbonyl (C=O) groups is 3. The smallest absolute Gasteiger partial charge is 0.339 e. The highest BCUT2D eigenvalue weighted by molar-refractivity contribution is 8.00. The summed E-state index contributed by atoms with van der Waals surface area (Å²) in [6.45, 7) is 5.01. The predicted octanol–water partition coefficient (Wildman–Crippen LogP) is 2.90. The van der Waals surface area contributed by atoms with E-state index in [9.17, 15) is 19.6 Å². The summed E-state index contributed by atoms with van der Waals surface area (Å²) in [5.74, 6) is -0.835. The van der Waals surface area contributed by atoms with Crippen molar-refractivity contribution in [2.24, 2.45) is 5.92 Å². The number of esters is 1. The first kappa shape index (κ1) is 24.0. The van der Waals surface area contributed by atoms with Crippen LogP contribution < -0.4 is 10.6 Å². The molecule has 1 atom stereocenters. The van der Waals surface area contributed by atoms with Gasteiger partial charge in [-0.2, -0.15) is 5.26 Å². The van der Waals surface area contributed by atoms with Crippen molar-refractivity contribution in [1.29, 1.82) is 5.26 Å². The fourth-order valence-electron chi connectivity index (χ4n) is 2.39. The number of rotatable bonds is 10. The Balaban J connectivity index is 1.88. The Morgan fingerprint density at radius 3 is 2.58 bits per heavy atom. The van der Waals surface area contributed by atoms with Crippen molar-refractivity contribution in [1.82, 2.24) is 10.6 Å². The highest BCUT2D eigenvalue weighted by Gasteiger charge is 2.30. The number of hydrogen-bond donors (Lipinski definition) is 2. The average Bonchev–Trinajstić information content (AvgIpc) is 3.28. The van der Waals surface area contributed by atoms with E-state index in [1.807, 2.05) is 13.8 Å². The second-order valence-corrected chi connectivity index (χ2v) is 8.25. The Bertz CT molecular complexity index is 952. The number of hydrogen-bond acceptors (Lipinski definition) is 7. The minimum absolute atomic E-state index is 0.0976. The number of ether oxygens (including phenoxy) is 1. The van der Waals surface area contributed by atoms with Crippen LogP contribution in [0.2, 0.25) is 0 Å². The highest BCUT2D eigenvalue weighted by Crippen LogP contribution is 2.23. The Morgan fingerprint density at radius 1 is 1.19 bits per heavy atom. The first-order valence-electron chi connectivity index (χ1n) is 9.65. The normalized spacial score (nSPS) is 12.5. The monoisotopic (exact) mass is 443 g/mol. The van der Waals surface area contributed by atoms with Crippen molar-refractivity contribution in [2.75, 3.05) is 12.4 Å². The van der Waals surface area contributed by atoms with Gasteiger partial charge in [-0.3, -0.25) is 9.59 Å². The summed E-state index contributed by atoms with van der Waals surface area (Å²) in [7, 11) is 0. The number of amides is 2. The maximum atomic E-state index is 12.5. The van der Waals surface area contributed by atoms with Crippen LogP contribution in [0.15, 0.2) is 52.0 Å². The number of benzene rings is 1. The number of furan rings is 1. The molecule has 2 aromatic rings. The molecular weight excluding hydrogens is 418 g/mol. The molecule has 1 aromatic carbocycles. The summed E-state index contributed by atoms with van der Waals surface area (Å²) in [5, 5.41) is 14.6. The van der Waals surface area contributed by atoms with Gasteiger partial charge in [-0.05, 0) is 37.1 Å². The minimum atomic E-state index is -1.06. The molecule has 0 spiro atoms. The van der Waals surface area contributed by atoms with E-state index in [1.54, 1.807) is 43.3 Å². The molecule has 0 aliphatic carbocycles. The Hall–Kier alpha value is -3.25. The summed E-state index contributed by atoms with van der Waals surface area (Å²) in [6.07, 6.45) is 1.53. The van der Waals surface area contributed by atoms with Crippen LogP contribution in [0, 0.1) is 17.2 Å². The van der Waals surface area contributed by atoms with Gasteiger partial charge in [-0.15, -0.1) is 11.8 Å². The standard InChI is InChI=1S/C22H25N3O5S/c1-15(2)22(3,14-23)25-19(26)12-30-21(28)17-8-4-5-9-18(17)31-13-20(27)24-11-16-7-6-10-29-16/h4-10,15H,11-13H2,1-3H3,(H,24,27)(H,25,26)/t22-/m1/s1. The quantitative estimate of drug-likeness (QED) is 0.428. The SMILES string of the molecule is CC(C)[C@@](C)(C#N)NC(=O)COC(=O)c1ccccc1SCC(=O)NCc1ccco1. The van der Waals surface area contributed by atoms with E-state index in [0.717, 1.165) is 0 Å². The maximum Gasteiger partial charge on any atom is 0.339 e. The van der Waals surface area contributed by atoms with Gasteiger partial charge >= 0.3 is 5.97 Å². The zero-order valence-electron chi connectivity index (χ0n) is 17.6. The molecule has 2 rings (SSSR count). The molecule has 31 heavy (non-hydrogen) atoms. The van der Waals surface area contributed by atoms with Crippen molar-refractivity contribution in [3.05, 3.63) is 54.0 Å². The van der Waals surface area contributed by atoms with Gasteiger partial charge in [0.1, 0.15) is 11.3 Å². The first-order chi connectivity index (χ1) is 14.7. The molecule has 9 heteroatoms. The summed E-state index contributed by atoms with van der Waals surface area (Å²) < 4.78 is 10.3. The van der Waals surface area contributed by atoms with E-state index in [0.29, 0.717) is 10.7 Å². The Morgan fingerprint density at radius 2 is 1.94 bits per heavy atom. The summed E-state index contributed by atoms with van der Waals surface area (Å²) in [4.78, 5) is 37.2. The Kier molecular flexibility index (Phi) is 8.70. The van der Waals surface area contributed by atoms with Gasteiger partial charge in [0.05, 0.1) is 30.2 Å². The molecule has 2 N–H and O–H groups in total. The lowest BCUT2D eigenvalue weighted by Gasteiger charge is -2.27. The third kappa shape index (κ3) is 7.19. The van der Waals surface area contributed by atoms with Gasteiger partial charge in [0.25, 0.3) is 5.91 Å². The molecule has 1 heterocycles. The van der Waals surface area contributed by atoms with Crippen LogP contribution in [0.25, 0.3) is 0 Å². The van der Waals surface area contributed by atoms with Crippen molar-refractivity contribution < 1.29 is 23.5 Å². The summed E-state index contributed by atoms with van der Waals surface area (Å²) >= 11 is 1.19. The van der Waals surface area contributed by atoms with Crippen LogP contribution in [-0.4, -0.2) is 35.7 Å². The molecule has 0 unspecified atom stereocenters. The van der Waals surface area contributed by atoms with Crippen molar-refractivity contribution in [2.45, 2.75) is 37.8 Å². The molecule has 0 aliphatic rings. The molecule has 0 bridgehead atoms. The molecule has 2 amide bonds. The maximum absolute atomic E-state index is 12.5. The van der Waals surface area contributed by atoms with Crippen LogP contribution >= 0.6 is 11.8 Å². The molecule has 1 aromatic heterocycles. The number of carbonyl (C=O) groups excluding carboxylic acids is 3. The van der Waals surface area contributed by atoms with E-state index in [2.05, 4.69) is 16.7 Å². The molecule has 0 saturated heterocycles. The first-order valence-corrected chi connectivity index (χ1v) is 10.6. The molecule has 0 aliphatic heterocycles. The number of nitriles is 1. The summed E-state index contributed by atoms with van der Waals surface area (Å²) in [6, 6.07) is 12.2. The largest absolute Gasteiger partial charge is 0.467 e. The lowest BCUT2D eigenvalue weighted by molar-refractivity contribution is -0.125. The lowest BCUT2D eigenvalue weighted by Crippen LogP contribution is -2.50. The van der Waals surface area contributed by atoms with E-state index >= 15 is 0 Å².